The third-order valence-corrected chi connectivity index (χ3v) is 5.18. The molecule has 1 fully saturated rings. The van der Waals surface area contributed by atoms with Gasteiger partial charge in [0.25, 0.3) is 5.91 Å². The minimum absolute atomic E-state index is 0.00779. The highest BCUT2D eigenvalue weighted by Crippen LogP contribution is 2.58. The minimum Gasteiger partial charge on any atom is -0.497 e. The van der Waals surface area contributed by atoms with E-state index >= 15 is 0 Å². The van der Waals surface area contributed by atoms with Gasteiger partial charge in [-0.2, -0.15) is 0 Å². The summed E-state index contributed by atoms with van der Waals surface area (Å²) in [6.45, 7) is 4.30. The minimum atomic E-state index is -0.148. The van der Waals surface area contributed by atoms with Gasteiger partial charge in [0, 0.05) is 27.6 Å². The van der Waals surface area contributed by atoms with Gasteiger partial charge in [-0.1, -0.05) is 49.2 Å². The zero-order valence-electron chi connectivity index (χ0n) is 13.8. The summed E-state index contributed by atoms with van der Waals surface area (Å²) in [5, 5.41) is 4.30. The Hall–Kier alpha value is -1.71. The van der Waals surface area contributed by atoms with Gasteiger partial charge in [-0.15, -0.1) is 0 Å². The average molecular weight is 364 g/mol. The molecule has 5 heteroatoms. The maximum atomic E-state index is 12.6. The van der Waals surface area contributed by atoms with Crippen molar-refractivity contribution in [3.05, 3.63) is 63.6 Å². The normalized spacial score (nSPS) is 21.2. The maximum absolute atomic E-state index is 12.6. The molecule has 2 aromatic carbocycles. The van der Waals surface area contributed by atoms with Gasteiger partial charge in [0.05, 0.1) is 7.11 Å². The van der Waals surface area contributed by atoms with Crippen LogP contribution < -0.4 is 10.1 Å². The predicted molar refractivity (Wildman–Crippen MR) is 97.2 cm³/mol. The number of nitrogens with one attached hydrogen (secondary N) is 1. The van der Waals surface area contributed by atoms with Gasteiger partial charge in [-0.3, -0.25) is 4.79 Å². The predicted octanol–water partition coefficient (Wildman–Crippen LogP) is 4.92. The van der Waals surface area contributed by atoms with Crippen LogP contribution >= 0.6 is 23.2 Å². The highest BCUT2D eigenvalue weighted by Gasteiger charge is 2.59. The van der Waals surface area contributed by atoms with Crippen LogP contribution in [0.2, 0.25) is 10.0 Å². The summed E-state index contributed by atoms with van der Waals surface area (Å²) in [5.74, 6) is 0.682. The number of methoxy groups -OCH3 is 1. The van der Waals surface area contributed by atoms with Crippen molar-refractivity contribution in [3.8, 4) is 5.75 Å². The van der Waals surface area contributed by atoms with Crippen molar-refractivity contribution in [2.75, 3.05) is 7.11 Å². The molecule has 1 aliphatic rings. The van der Waals surface area contributed by atoms with Crippen LogP contribution in [0.15, 0.2) is 42.5 Å². The van der Waals surface area contributed by atoms with Gasteiger partial charge in [0.2, 0.25) is 0 Å². The summed E-state index contributed by atoms with van der Waals surface area (Å²) in [5.41, 5.74) is 1.67. The monoisotopic (exact) mass is 363 g/mol. The summed E-state index contributed by atoms with van der Waals surface area (Å²) in [6, 6.07) is 12.9. The zero-order valence-corrected chi connectivity index (χ0v) is 15.3. The van der Waals surface area contributed by atoms with E-state index in [2.05, 4.69) is 19.2 Å². The molecule has 2 aromatic rings. The second-order valence-electron chi connectivity index (χ2n) is 6.68. The second kappa shape index (κ2) is 6.30. The van der Waals surface area contributed by atoms with E-state index in [9.17, 15) is 4.79 Å². The van der Waals surface area contributed by atoms with E-state index in [0.29, 0.717) is 21.4 Å². The Balaban J connectivity index is 1.77. The van der Waals surface area contributed by atoms with Crippen molar-refractivity contribution in [2.45, 2.75) is 25.8 Å². The number of benzene rings is 2. The molecule has 1 amide bonds. The van der Waals surface area contributed by atoms with Gasteiger partial charge in [0.1, 0.15) is 5.75 Å². The van der Waals surface area contributed by atoms with Crippen LogP contribution in [0.5, 0.6) is 5.75 Å². The molecule has 24 heavy (non-hydrogen) atoms. The first-order chi connectivity index (χ1) is 11.3. The lowest BCUT2D eigenvalue weighted by Crippen LogP contribution is -2.28. The molecule has 0 aliphatic heterocycles. The van der Waals surface area contributed by atoms with E-state index in [-0.39, 0.29) is 23.3 Å². The molecule has 0 spiro atoms. The quantitative estimate of drug-likeness (QED) is 0.836. The number of carbonyl (C=O) groups excluding carboxylic acids is 1. The number of ether oxygens (including phenoxy) is 1. The Labute approximate surface area is 151 Å². The highest BCUT2D eigenvalue weighted by molar-refractivity contribution is 6.31. The Morgan fingerprint density at radius 3 is 2.38 bits per heavy atom. The van der Waals surface area contributed by atoms with Gasteiger partial charge < -0.3 is 10.1 Å². The molecule has 1 saturated carbocycles. The van der Waals surface area contributed by atoms with Crippen molar-refractivity contribution in [3.63, 3.8) is 0 Å². The third kappa shape index (κ3) is 3.24. The number of hydrogen-bond acceptors (Lipinski definition) is 2. The third-order valence-electron chi connectivity index (χ3n) is 4.71. The SMILES string of the molecule is COc1cc(Cl)cc(C(=O)N[C@@H]2[C@@H](c3ccc(Cl)cc3)C2(C)C)c1. The van der Waals surface area contributed by atoms with E-state index in [1.54, 1.807) is 25.3 Å². The zero-order chi connectivity index (χ0) is 17.5. The van der Waals surface area contributed by atoms with Crippen molar-refractivity contribution in [1.82, 2.24) is 5.32 Å². The lowest BCUT2D eigenvalue weighted by Gasteiger charge is -2.08. The van der Waals surface area contributed by atoms with E-state index in [4.69, 9.17) is 27.9 Å². The first-order valence-corrected chi connectivity index (χ1v) is 8.49. The molecular weight excluding hydrogens is 345 g/mol. The van der Waals surface area contributed by atoms with E-state index in [0.717, 1.165) is 0 Å². The number of halogens is 2. The lowest BCUT2D eigenvalue weighted by atomic mass is 10.0. The topological polar surface area (TPSA) is 38.3 Å². The van der Waals surface area contributed by atoms with Crippen LogP contribution in [-0.2, 0) is 0 Å². The molecule has 0 radical (unpaired) electrons. The first kappa shape index (κ1) is 17.1. The fourth-order valence-electron chi connectivity index (χ4n) is 3.24. The van der Waals surface area contributed by atoms with Crippen molar-refractivity contribution in [1.29, 1.82) is 0 Å². The molecule has 1 N–H and O–H groups in total. The Bertz CT molecular complexity index is 771. The van der Waals surface area contributed by atoms with Crippen molar-refractivity contribution in [2.24, 2.45) is 5.41 Å². The molecule has 3 rings (SSSR count). The average Bonchev–Trinajstić information content (AvgIpc) is 3.08. The highest BCUT2D eigenvalue weighted by atomic mass is 35.5. The smallest absolute Gasteiger partial charge is 0.251 e. The molecular formula is C19H19Cl2NO2. The molecule has 126 valence electrons. The van der Waals surface area contributed by atoms with Crippen LogP contribution in [0.3, 0.4) is 0 Å². The van der Waals surface area contributed by atoms with Crippen LogP contribution in [0.1, 0.15) is 35.7 Å². The van der Waals surface area contributed by atoms with Gasteiger partial charge in [0.15, 0.2) is 0 Å². The molecule has 0 bridgehead atoms. The summed E-state index contributed by atoms with van der Waals surface area (Å²) < 4.78 is 5.17. The molecule has 1 aliphatic carbocycles. The lowest BCUT2D eigenvalue weighted by molar-refractivity contribution is 0.0945. The molecule has 0 heterocycles. The van der Waals surface area contributed by atoms with Gasteiger partial charge in [-0.25, -0.2) is 0 Å². The van der Waals surface area contributed by atoms with Crippen molar-refractivity contribution < 1.29 is 9.53 Å². The van der Waals surface area contributed by atoms with Crippen LogP contribution in [0.25, 0.3) is 0 Å². The molecule has 3 nitrogen and oxygen atoms in total. The summed E-state index contributed by atoms with van der Waals surface area (Å²) in [4.78, 5) is 12.6. The Morgan fingerprint density at radius 1 is 1.08 bits per heavy atom. The Morgan fingerprint density at radius 2 is 1.75 bits per heavy atom. The molecule has 0 saturated heterocycles. The molecule has 0 unspecified atom stereocenters. The molecule has 0 aromatic heterocycles. The maximum Gasteiger partial charge on any atom is 0.251 e. The van der Waals surface area contributed by atoms with Gasteiger partial charge >= 0.3 is 0 Å². The standard InChI is InChI=1S/C19H19Cl2NO2/c1-19(2)16(11-4-6-13(20)7-5-11)17(19)22-18(23)12-8-14(21)10-15(9-12)24-3/h4-10,16-17H,1-3H3,(H,22,23)/t16-,17-/m1/s1. The number of carbonyl (C=O) groups is 1. The summed E-state index contributed by atoms with van der Waals surface area (Å²) >= 11 is 12.0. The number of rotatable bonds is 4. The first-order valence-electron chi connectivity index (χ1n) is 7.74. The van der Waals surface area contributed by atoms with E-state index in [1.807, 2.05) is 24.3 Å². The summed E-state index contributed by atoms with van der Waals surface area (Å²) in [7, 11) is 1.55. The molecule has 2 atom stereocenters. The number of hydrogen-bond donors (Lipinski definition) is 1. The number of amides is 1. The fraction of sp³-hybridized carbons (Fsp3) is 0.316. The second-order valence-corrected chi connectivity index (χ2v) is 7.55. The van der Waals surface area contributed by atoms with Crippen LogP contribution in [0.4, 0.5) is 0 Å². The van der Waals surface area contributed by atoms with E-state index in [1.165, 1.54) is 5.56 Å². The Kier molecular flexibility index (Phi) is 4.50. The van der Waals surface area contributed by atoms with Crippen LogP contribution in [0, 0.1) is 5.41 Å². The largest absolute Gasteiger partial charge is 0.497 e. The fourth-order valence-corrected chi connectivity index (χ4v) is 3.59. The van der Waals surface area contributed by atoms with Crippen molar-refractivity contribution >= 4 is 29.1 Å². The van der Waals surface area contributed by atoms with E-state index < -0.39 is 0 Å². The van der Waals surface area contributed by atoms with Crippen LogP contribution in [-0.4, -0.2) is 19.1 Å². The van der Waals surface area contributed by atoms with Gasteiger partial charge in [-0.05, 0) is 41.3 Å². The summed E-state index contributed by atoms with van der Waals surface area (Å²) in [6.07, 6.45) is 0.